The first-order valence-electron chi connectivity index (χ1n) is 5.22. The van der Waals surface area contributed by atoms with Crippen LogP contribution in [0.15, 0.2) is 0 Å². The standard InChI is InChI=1S/C8H15NO2.C2H6/c1-2-9-6-4-3-5-7(9)8(10)11;1-2/h7H,2-6H2,1H3,(H,10,11);1-2H3. The molecular formula is C10H21NO2. The highest BCUT2D eigenvalue weighted by Gasteiger charge is 2.26. The van der Waals surface area contributed by atoms with E-state index < -0.39 is 5.97 Å². The number of carboxylic acids is 1. The van der Waals surface area contributed by atoms with Crippen LogP contribution >= 0.6 is 0 Å². The third kappa shape index (κ3) is 3.77. The first-order valence-corrected chi connectivity index (χ1v) is 5.22. The van der Waals surface area contributed by atoms with Gasteiger partial charge in [0.1, 0.15) is 6.04 Å². The van der Waals surface area contributed by atoms with Crippen LogP contribution in [0.2, 0.25) is 0 Å². The van der Waals surface area contributed by atoms with Gasteiger partial charge in [-0.15, -0.1) is 0 Å². The molecule has 78 valence electrons. The molecule has 1 atom stereocenters. The Kier molecular flexibility index (Phi) is 6.59. The molecule has 0 radical (unpaired) electrons. The minimum absolute atomic E-state index is 0.214. The second-order valence-electron chi connectivity index (χ2n) is 2.98. The Labute approximate surface area is 80.7 Å². The van der Waals surface area contributed by atoms with Gasteiger partial charge in [-0.05, 0) is 25.9 Å². The van der Waals surface area contributed by atoms with E-state index in [4.69, 9.17) is 5.11 Å². The van der Waals surface area contributed by atoms with Crippen molar-refractivity contribution < 1.29 is 9.90 Å². The maximum atomic E-state index is 10.7. The smallest absolute Gasteiger partial charge is 0.320 e. The highest BCUT2D eigenvalue weighted by atomic mass is 16.4. The zero-order chi connectivity index (χ0) is 10.3. The number of carboxylic acid groups (broad SMARTS) is 1. The first kappa shape index (κ1) is 12.4. The van der Waals surface area contributed by atoms with Gasteiger partial charge < -0.3 is 5.11 Å². The minimum Gasteiger partial charge on any atom is -0.480 e. The second-order valence-corrected chi connectivity index (χ2v) is 2.98. The van der Waals surface area contributed by atoms with Crippen LogP contribution in [0.5, 0.6) is 0 Å². The fraction of sp³-hybridized carbons (Fsp3) is 0.900. The number of hydrogen-bond acceptors (Lipinski definition) is 2. The van der Waals surface area contributed by atoms with Crippen LogP contribution in [-0.4, -0.2) is 35.1 Å². The van der Waals surface area contributed by atoms with Crippen molar-refractivity contribution in [3.8, 4) is 0 Å². The molecule has 1 N–H and O–H groups in total. The number of rotatable bonds is 2. The largest absolute Gasteiger partial charge is 0.480 e. The number of piperidine rings is 1. The Hall–Kier alpha value is -0.570. The van der Waals surface area contributed by atoms with Gasteiger partial charge in [-0.25, -0.2) is 0 Å². The lowest BCUT2D eigenvalue weighted by atomic mass is 10.0. The van der Waals surface area contributed by atoms with Crippen molar-refractivity contribution in [1.82, 2.24) is 4.90 Å². The molecule has 0 aromatic heterocycles. The van der Waals surface area contributed by atoms with Gasteiger partial charge in [-0.1, -0.05) is 27.2 Å². The van der Waals surface area contributed by atoms with Crippen molar-refractivity contribution in [2.75, 3.05) is 13.1 Å². The van der Waals surface area contributed by atoms with Crippen LogP contribution < -0.4 is 0 Å². The molecule has 1 heterocycles. The fourth-order valence-corrected chi connectivity index (χ4v) is 1.65. The van der Waals surface area contributed by atoms with Crippen LogP contribution in [0.3, 0.4) is 0 Å². The molecule has 1 aliphatic rings. The molecule has 0 aromatic rings. The number of likely N-dealkylation sites (N-methyl/N-ethyl adjacent to an activating group) is 1. The van der Waals surface area contributed by atoms with Crippen molar-refractivity contribution in [2.24, 2.45) is 0 Å². The van der Waals surface area contributed by atoms with Gasteiger partial charge in [0.25, 0.3) is 0 Å². The summed E-state index contributed by atoms with van der Waals surface area (Å²) in [5, 5.41) is 8.80. The van der Waals surface area contributed by atoms with E-state index in [2.05, 4.69) is 0 Å². The van der Waals surface area contributed by atoms with Gasteiger partial charge in [0.2, 0.25) is 0 Å². The quantitative estimate of drug-likeness (QED) is 0.718. The van der Waals surface area contributed by atoms with E-state index in [0.29, 0.717) is 0 Å². The third-order valence-electron chi connectivity index (χ3n) is 2.30. The zero-order valence-corrected chi connectivity index (χ0v) is 8.92. The molecule has 0 amide bonds. The van der Waals surface area contributed by atoms with Crippen molar-refractivity contribution in [3.63, 3.8) is 0 Å². The Morgan fingerprint density at radius 2 is 2.08 bits per heavy atom. The van der Waals surface area contributed by atoms with E-state index >= 15 is 0 Å². The highest BCUT2D eigenvalue weighted by Crippen LogP contribution is 2.16. The van der Waals surface area contributed by atoms with E-state index in [1.807, 2.05) is 25.7 Å². The van der Waals surface area contributed by atoms with Gasteiger partial charge in [0, 0.05) is 0 Å². The van der Waals surface area contributed by atoms with Gasteiger partial charge in [0.05, 0.1) is 0 Å². The van der Waals surface area contributed by atoms with Gasteiger partial charge in [0.15, 0.2) is 0 Å². The minimum atomic E-state index is -0.661. The summed E-state index contributed by atoms with van der Waals surface area (Å²) in [6, 6.07) is -0.214. The number of aliphatic carboxylic acids is 1. The van der Waals surface area contributed by atoms with Crippen LogP contribution in [0.4, 0.5) is 0 Å². The normalized spacial score (nSPS) is 23.2. The zero-order valence-electron chi connectivity index (χ0n) is 8.92. The SMILES string of the molecule is CC.CCN1CCCCC1C(=O)O. The number of carbonyl (C=O) groups is 1. The molecular weight excluding hydrogens is 166 g/mol. The Morgan fingerprint density at radius 1 is 1.46 bits per heavy atom. The van der Waals surface area contributed by atoms with Crippen LogP contribution in [-0.2, 0) is 4.79 Å². The van der Waals surface area contributed by atoms with E-state index in [1.54, 1.807) is 0 Å². The monoisotopic (exact) mass is 187 g/mol. The van der Waals surface area contributed by atoms with Crippen molar-refractivity contribution >= 4 is 5.97 Å². The summed E-state index contributed by atoms with van der Waals surface area (Å²) in [6.07, 6.45) is 3.04. The second kappa shape index (κ2) is 6.89. The van der Waals surface area contributed by atoms with Crippen molar-refractivity contribution in [3.05, 3.63) is 0 Å². The van der Waals surface area contributed by atoms with Gasteiger partial charge in [-0.2, -0.15) is 0 Å². The number of likely N-dealkylation sites (tertiary alicyclic amines) is 1. The summed E-state index contributed by atoms with van der Waals surface area (Å²) in [5.74, 6) is -0.661. The Morgan fingerprint density at radius 3 is 2.46 bits per heavy atom. The molecule has 0 spiro atoms. The van der Waals surface area contributed by atoms with Crippen molar-refractivity contribution in [1.29, 1.82) is 0 Å². The summed E-state index contributed by atoms with van der Waals surface area (Å²) in [4.78, 5) is 12.7. The molecule has 3 heteroatoms. The lowest BCUT2D eigenvalue weighted by Gasteiger charge is -2.31. The van der Waals surface area contributed by atoms with Crippen molar-refractivity contribution in [2.45, 2.75) is 46.1 Å². The van der Waals surface area contributed by atoms with Gasteiger partial charge >= 0.3 is 5.97 Å². The molecule has 3 nitrogen and oxygen atoms in total. The molecule has 0 aliphatic carbocycles. The van der Waals surface area contributed by atoms with E-state index in [1.165, 1.54) is 0 Å². The molecule has 1 rings (SSSR count). The van der Waals surface area contributed by atoms with E-state index in [0.717, 1.165) is 32.4 Å². The Bertz CT molecular complexity index is 148. The summed E-state index contributed by atoms with van der Waals surface area (Å²) >= 11 is 0. The lowest BCUT2D eigenvalue weighted by molar-refractivity contribution is -0.144. The molecule has 0 saturated carbocycles. The number of nitrogens with zero attached hydrogens (tertiary/aromatic N) is 1. The Balaban J connectivity index is 0.000000671. The van der Waals surface area contributed by atoms with E-state index in [-0.39, 0.29) is 6.04 Å². The lowest BCUT2D eigenvalue weighted by Crippen LogP contribution is -2.44. The predicted molar refractivity (Wildman–Crippen MR) is 53.9 cm³/mol. The predicted octanol–water partition coefficient (Wildman–Crippen LogP) is 1.97. The average Bonchev–Trinajstić information content (AvgIpc) is 2.20. The summed E-state index contributed by atoms with van der Waals surface area (Å²) in [7, 11) is 0. The summed E-state index contributed by atoms with van der Waals surface area (Å²) in [6.45, 7) is 7.83. The fourth-order valence-electron chi connectivity index (χ4n) is 1.65. The molecule has 0 aromatic carbocycles. The van der Waals surface area contributed by atoms with Gasteiger partial charge in [-0.3, -0.25) is 9.69 Å². The molecule has 0 bridgehead atoms. The molecule has 1 aliphatic heterocycles. The molecule has 1 saturated heterocycles. The van der Waals surface area contributed by atoms with E-state index in [9.17, 15) is 4.79 Å². The molecule has 13 heavy (non-hydrogen) atoms. The molecule has 1 fully saturated rings. The first-order chi connectivity index (χ1) is 6.25. The maximum Gasteiger partial charge on any atom is 0.320 e. The van der Waals surface area contributed by atoms with Crippen LogP contribution in [0.25, 0.3) is 0 Å². The topological polar surface area (TPSA) is 40.5 Å². The summed E-state index contributed by atoms with van der Waals surface area (Å²) in [5.41, 5.74) is 0. The molecule has 1 unspecified atom stereocenters. The average molecular weight is 187 g/mol. The number of hydrogen-bond donors (Lipinski definition) is 1. The van der Waals surface area contributed by atoms with Crippen LogP contribution in [0.1, 0.15) is 40.0 Å². The highest BCUT2D eigenvalue weighted by molar-refractivity contribution is 5.73. The maximum absolute atomic E-state index is 10.7. The third-order valence-corrected chi connectivity index (χ3v) is 2.30. The van der Waals surface area contributed by atoms with Crippen LogP contribution in [0, 0.1) is 0 Å². The summed E-state index contributed by atoms with van der Waals surface area (Å²) < 4.78 is 0.